The molecule has 5 nitrogen and oxygen atoms in total. The number of ketones is 1. The fourth-order valence-corrected chi connectivity index (χ4v) is 1.87. The maximum absolute atomic E-state index is 11.5. The molecule has 21 heavy (non-hydrogen) atoms. The molecule has 0 aliphatic carbocycles. The molecule has 0 bridgehead atoms. The molecule has 0 fully saturated rings. The Morgan fingerprint density at radius 2 is 1.86 bits per heavy atom. The first-order valence-electron chi connectivity index (χ1n) is 6.42. The minimum absolute atomic E-state index is 0.00549. The van der Waals surface area contributed by atoms with Crippen molar-refractivity contribution >= 4 is 11.8 Å². The van der Waals surface area contributed by atoms with Crippen LogP contribution in [0.3, 0.4) is 0 Å². The Labute approximate surface area is 122 Å². The van der Waals surface area contributed by atoms with Gasteiger partial charge in [0.25, 0.3) is 0 Å². The van der Waals surface area contributed by atoms with Crippen LogP contribution in [-0.2, 0) is 11.3 Å². The molecule has 0 saturated carbocycles. The van der Waals surface area contributed by atoms with E-state index in [1.165, 1.54) is 14.0 Å². The highest BCUT2D eigenvalue weighted by molar-refractivity contribution is 5.94. The average molecular weight is 288 g/mol. The van der Waals surface area contributed by atoms with E-state index < -0.39 is 5.97 Å². The van der Waals surface area contributed by atoms with Gasteiger partial charge in [-0.2, -0.15) is 0 Å². The van der Waals surface area contributed by atoms with Crippen molar-refractivity contribution < 1.29 is 23.5 Å². The van der Waals surface area contributed by atoms with Crippen molar-refractivity contribution in [3.63, 3.8) is 0 Å². The van der Waals surface area contributed by atoms with Gasteiger partial charge in [0.1, 0.15) is 29.4 Å². The Kier molecular flexibility index (Phi) is 4.42. The zero-order valence-corrected chi connectivity index (χ0v) is 12.1. The Morgan fingerprint density at radius 3 is 2.43 bits per heavy atom. The number of carbonyl (C=O) groups is 2. The van der Waals surface area contributed by atoms with Crippen LogP contribution in [0.2, 0.25) is 0 Å². The largest absolute Gasteiger partial charge is 0.486 e. The van der Waals surface area contributed by atoms with Gasteiger partial charge in [-0.3, -0.25) is 4.79 Å². The first kappa shape index (κ1) is 14.8. The third-order valence-electron chi connectivity index (χ3n) is 3.02. The van der Waals surface area contributed by atoms with E-state index in [0.29, 0.717) is 28.4 Å². The fraction of sp³-hybridized carbons (Fsp3) is 0.250. The molecule has 0 aliphatic heterocycles. The third kappa shape index (κ3) is 3.51. The zero-order chi connectivity index (χ0) is 15.4. The normalized spacial score (nSPS) is 10.2. The Bertz CT molecular complexity index is 652. The summed E-state index contributed by atoms with van der Waals surface area (Å²) in [4.78, 5) is 22.6. The van der Waals surface area contributed by atoms with Gasteiger partial charge in [-0.25, -0.2) is 4.79 Å². The summed E-state index contributed by atoms with van der Waals surface area (Å²) in [5.74, 6) is 1.21. The van der Waals surface area contributed by atoms with Crippen LogP contribution in [0, 0.1) is 6.92 Å². The molecule has 1 heterocycles. The first-order chi connectivity index (χ1) is 10.0. The standard InChI is InChI=1S/C16H16O5/c1-10(17)12-4-6-13(7-5-12)20-9-14-8-15(11(2)21-14)16(18)19-3/h4-8H,9H2,1-3H3. The van der Waals surface area contributed by atoms with E-state index in [4.69, 9.17) is 9.15 Å². The fourth-order valence-electron chi connectivity index (χ4n) is 1.87. The van der Waals surface area contributed by atoms with E-state index in [1.807, 2.05) is 0 Å². The van der Waals surface area contributed by atoms with Gasteiger partial charge >= 0.3 is 5.97 Å². The molecule has 0 amide bonds. The second-order valence-electron chi connectivity index (χ2n) is 4.54. The molecular formula is C16H16O5. The van der Waals surface area contributed by atoms with Gasteiger partial charge < -0.3 is 13.9 Å². The second kappa shape index (κ2) is 6.26. The first-order valence-corrected chi connectivity index (χ1v) is 6.42. The van der Waals surface area contributed by atoms with Crippen LogP contribution in [-0.4, -0.2) is 18.9 Å². The Morgan fingerprint density at radius 1 is 1.19 bits per heavy atom. The lowest BCUT2D eigenvalue weighted by Gasteiger charge is -2.04. The highest BCUT2D eigenvalue weighted by atomic mass is 16.5. The van der Waals surface area contributed by atoms with E-state index >= 15 is 0 Å². The summed E-state index contributed by atoms with van der Waals surface area (Å²) in [5.41, 5.74) is 1.02. The molecule has 5 heteroatoms. The van der Waals surface area contributed by atoms with Crippen molar-refractivity contribution in [1.82, 2.24) is 0 Å². The second-order valence-corrected chi connectivity index (χ2v) is 4.54. The molecule has 2 aromatic rings. The summed E-state index contributed by atoms with van der Waals surface area (Å²) in [7, 11) is 1.32. The van der Waals surface area contributed by atoms with E-state index in [-0.39, 0.29) is 12.4 Å². The summed E-state index contributed by atoms with van der Waals surface area (Å²) in [6.45, 7) is 3.39. The molecule has 0 spiro atoms. The quantitative estimate of drug-likeness (QED) is 0.624. The number of hydrogen-bond acceptors (Lipinski definition) is 5. The molecular weight excluding hydrogens is 272 g/mol. The molecule has 2 rings (SSSR count). The maximum atomic E-state index is 11.5. The van der Waals surface area contributed by atoms with Gasteiger partial charge in [0, 0.05) is 5.56 Å². The third-order valence-corrected chi connectivity index (χ3v) is 3.02. The number of ether oxygens (including phenoxy) is 2. The lowest BCUT2D eigenvalue weighted by molar-refractivity contribution is 0.0598. The van der Waals surface area contributed by atoms with Crippen molar-refractivity contribution in [3.05, 3.63) is 53.0 Å². The lowest BCUT2D eigenvalue weighted by Crippen LogP contribution is -2.00. The molecule has 1 aromatic carbocycles. The molecule has 0 aliphatic rings. The molecule has 0 atom stereocenters. The predicted octanol–water partition coefficient (Wildman–Crippen LogP) is 3.16. The number of carbonyl (C=O) groups excluding carboxylic acids is 2. The number of furan rings is 1. The van der Waals surface area contributed by atoms with Crippen molar-refractivity contribution in [2.75, 3.05) is 7.11 Å². The van der Waals surface area contributed by atoms with Crippen LogP contribution in [0.4, 0.5) is 0 Å². The highest BCUT2D eigenvalue weighted by Crippen LogP contribution is 2.19. The maximum Gasteiger partial charge on any atom is 0.341 e. The molecule has 0 radical (unpaired) electrons. The lowest BCUT2D eigenvalue weighted by atomic mass is 10.1. The van der Waals surface area contributed by atoms with Gasteiger partial charge in [0.2, 0.25) is 0 Å². The van der Waals surface area contributed by atoms with Crippen LogP contribution in [0.5, 0.6) is 5.75 Å². The van der Waals surface area contributed by atoms with E-state index in [1.54, 1.807) is 37.3 Å². The van der Waals surface area contributed by atoms with Crippen molar-refractivity contribution in [3.8, 4) is 5.75 Å². The monoisotopic (exact) mass is 288 g/mol. The molecule has 0 unspecified atom stereocenters. The minimum atomic E-state index is -0.437. The van der Waals surface area contributed by atoms with Crippen LogP contribution in [0.1, 0.15) is 39.2 Å². The van der Waals surface area contributed by atoms with E-state index in [9.17, 15) is 9.59 Å². The SMILES string of the molecule is COC(=O)c1cc(COc2ccc(C(C)=O)cc2)oc1C. The topological polar surface area (TPSA) is 65.7 Å². The van der Waals surface area contributed by atoms with Gasteiger partial charge in [-0.05, 0) is 44.2 Å². The number of Topliss-reactive ketones (excluding diaryl/α,β-unsaturated/α-hetero) is 1. The smallest absolute Gasteiger partial charge is 0.341 e. The van der Waals surface area contributed by atoms with E-state index in [2.05, 4.69) is 4.74 Å². The number of methoxy groups -OCH3 is 1. The predicted molar refractivity (Wildman–Crippen MR) is 75.6 cm³/mol. The number of rotatable bonds is 5. The van der Waals surface area contributed by atoms with E-state index in [0.717, 1.165) is 0 Å². The van der Waals surface area contributed by atoms with Crippen LogP contribution in [0.25, 0.3) is 0 Å². The summed E-state index contributed by atoms with van der Waals surface area (Å²) in [6.07, 6.45) is 0. The molecule has 110 valence electrons. The molecule has 1 aromatic heterocycles. The van der Waals surface area contributed by atoms with Gasteiger partial charge in [-0.15, -0.1) is 0 Å². The highest BCUT2D eigenvalue weighted by Gasteiger charge is 2.15. The number of esters is 1. The average Bonchev–Trinajstić information content (AvgIpc) is 2.86. The summed E-state index contributed by atoms with van der Waals surface area (Å²) >= 11 is 0. The van der Waals surface area contributed by atoms with Crippen molar-refractivity contribution in [2.24, 2.45) is 0 Å². The number of benzene rings is 1. The van der Waals surface area contributed by atoms with Crippen LogP contribution >= 0.6 is 0 Å². The minimum Gasteiger partial charge on any atom is -0.486 e. The summed E-state index contributed by atoms with van der Waals surface area (Å²) in [5, 5.41) is 0. The summed E-state index contributed by atoms with van der Waals surface area (Å²) < 4.78 is 15.6. The Hall–Kier alpha value is -2.56. The van der Waals surface area contributed by atoms with Crippen LogP contribution < -0.4 is 4.74 Å². The van der Waals surface area contributed by atoms with Gasteiger partial charge in [0.05, 0.1) is 7.11 Å². The Balaban J connectivity index is 2.03. The van der Waals surface area contributed by atoms with Gasteiger partial charge in [0.15, 0.2) is 5.78 Å². The summed E-state index contributed by atoms with van der Waals surface area (Å²) in [6, 6.07) is 8.43. The van der Waals surface area contributed by atoms with Crippen LogP contribution in [0.15, 0.2) is 34.7 Å². The zero-order valence-electron chi connectivity index (χ0n) is 12.1. The molecule has 0 saturated heterocycles. The number of hydrogen-bond donors (Lipinski definition) is 0. The van der Waals surface area contributed by atoms with Crippen molar-refractivity contribution in [2.45, 2.75) is 20.5 Å². The number of aryl methyl sites for hydroxylation is 1. The molecule has 0 N–H and O–H groups in total. The van der Waals surface area contributed by atoms with Gasteiger partial charge in [-0.1, -0.05) is 0 Å². The van der Waals surface area contributed by atoms with Crippen molar-refractivity contribution in [1.29, 1.82) is 0 Å².